The number of ether oxygens (including phenoxy) is 2. The third-order valence-electron chi connectivity index (χ3n) is 4.26. The Morgan fingerprint density at radius 3 is 2.32 bits per heavy atom. The van der Waals surface area contributed by atoms with Crippen molar-refractivity contribution in [1.29, 1.82) is 0 Å². The summed E-state index contributed by atoms with van der Waals surface area (Å²) in [6.45, 7) is 2.71. The lowest BCUT2D eigenvalue weighted by Crippen LogP contribution is -2.45. The van der Waals surface area contributed by atoms with Gasteiger partial charge in [-0.3, -0.25) is 15.0 Å². The van der Waals surface area contributed by atoms with Crippen LogP contribution in [0.15, 0.2) is 48.5 Å². The Morgan fingerprint density at radius 1 is 1.04 bits per heavy atom. The Labute approximate surface area is 165 Å². The molecule has 0 unspecified atom stereocenters. The maximum Gasteiger partial charge on any atom is 0.321 e. The van der Waals surface area contributed by atoms with E-state index in [2.05, 4.69) is 10.6 Å². The van der Waals surface area contributed by atoms with Crippen molar-refractivity contribution in [2.45, 2.75) is 19.5 Å². The zero-order valence-electron chi connectivity index (χ0n) is 16.7. The van der Waals surface area contributed by atoms with Crippen molar-refractivity contribution in [3.63, 3.8) is 0 Å². The fourth-order valence-corrected chi connectivity index (χ4v) is 2.98. The fourth-order valence-electron chi connectivity index (χ4n) is 2.98. The van der Waals surface area contributed by atoms with E-state index < -0.39 is 12.1 Å². The largest absolute Gasteiger partial charge is 0.493 e. The maximum absolute atomic E-state index is 12.8. The molecule has 0 saturated carbocycles. The van der Waals surface area contributed by atoms with Gasteiger partial charge in [0.2, 0.25) is 5.91 Å². The minimum atomic E-state index is -0.628. The Balaban J connectivity index is 2.25. The van der Waals surface area contributed by atoms with Crippen LogP contribution in [0, 0.1) is 0 Å². The van der Waals surface area contributed by atoms with Crippen LogP contribution in [0.4, 0.5) is 4.79 Å². The average Bonchev–Trinajstić information content (AvgIpc) is 2.69. The second kappa shape index (κ2) is 10.3. The van der Waals surface area contributed by atoms with Crippen LogP contribution < -0.4 is 20.1 Å². The molecule has 7 heteroatoms. The van der Waals surface area contributed by atoms with Crippen molar-refractivity contribution >= 4 is 11.9 Å². The van der Waals surface area contributed by atoms with Gasteiger partial charge in [0, 0.05) is 13.1 Å². The van der Waals surface area contributed by atoms with E-state index in [1.54, 1.807) is 21.1 Å². The molecule has 0 radical (unpaired) electrons. The first-order chi connectivity index (χ1) is 13.5. The van der Waals surface area contributed by atoms with Crippen molar-refractivity contribution in [3.05, 3.63) is 59.7 Å². The number of nitrogens with zero attached hydrogens (tertiary/aromatic N) is 1. The highest BCUT2D eigenvalue weighted by Gasteiger charge is 2.26. The number of nitrogens with one attached hydrogen (secondary N) is 2. The van der Waals surface area contributed by atoms with Crippen LogP contribution in [0.25, 0.3) is 0 Å². The lowest BCUT2D eigenvalue weighted by Gasteiger charge is -2.27. The Morgan fingerprint density at radius 2 is 1.71 bits per heavy atom. The van der Waals surface area contributed by atoms with Crippen LogP contribution in [-0.2, 0) is 11.3 Å². The second-order valence-electron chi connectivity index (χ2n) is 6.27. The van der Waals surface area contributed by atoms with Gasteiger partial charge in [-0.2, -0.15) is 0 Å². The van der Waals surface area contributed by atoms with Gasteiger partial charge >= 0.3 is 6.03 Å². The minimum absolute atomic E-state index is 0.389. The number of hydrogen-bond acceptors (Lipinski definition) is 5. The lowest BCUT2D eigenvalue weighted by atomic mass is 10.0. The van der Waals surface area contributed by atoms with Crippen LogP contribution in [0.5, 0.6) is 11.5 Å². The van der Waals surface area contributed by atoms with Crippen molar-refractivity contribution < 1.29 is 19.1 Å². The van der Waals surface area contributed by atoms with Gasteiger partial charge in [-0.05, 0) is 37.2 Å². The van der Waals surface area contributed by atoms with E-state index >= 15 is 0 Å². The smallest absolute Gasteiger partial charge is 0.321 e. The van der Waals surface area contributed by atoms with Gasteiger partial charge in [-0.15, -0.1) is 0 Å². The maximum atomic E-state index is 12.8. The molecule has 1 atom stereocenters. The monoisotopic (exact) mass is 385 g/mol. The highest BCUT2D eigenvalue weighted by Crippen LogP contribution is 2.29. The first-order valence-electron chi connectivity index (χ1n) is 9.04. The predicted octanol–water partition coefficient (Wildman–Crippen LogP) is 2.72. The van der Waals surface area contributed by atoms with E-state index in [0.29, 0.717) is 24.6 Å². The predicted molar refractivity (Wildman–Crippen MR) is 107 cm³/mol. The van der Waals surface area contributed by atoms with Gasteiger partial charge in [0.05, 0.1) is 14.2 Å². The Bertz CT molecular complexity index is 795. The Hall–Kier alpha value is -3.06. The number of imide groups is 1. The molecule has 0 fully saturated rings. The molecule has 0 aliphatic carbocycles. The van der Waals surface area contributed by atoms with Crippen LogP contribution in [0.3, 0.4) is 0 Å². The molecule has 0 aromatic heterocycles. The molecule has 0 spiro atoms. The number of methoxy groups -OCH3 is 2. The first-order valence-corrected chi connectivity index (χ1v) is 9.04. The molecule has 7 nitrogen and oxygen atoms in total. The number of urea groups is 1. The topological polar surface area (TPSA) is 79.9 Å². The summed E-state index contributed by atoms with van der Waals surface area (Å²) in [5.74, 6) is 0.874. The average molecular weight is 385 g/mol. The van der Waals surface area contributed by atoms with Gasteiger partial charge < -0.3 is 14.8 Å². The number of hydrogen-bond donors (Lipinski definition) is 2. The summed E-state index contributed by atoms with van der Waals surface area (Å²) >= 11 is 0. The van der Waals surface area contributed by atoms with Crippen molar-refractivity contribution in [3.8, 4) is 11.5 Å². The SMILES string of the molecule is CCNC(=O)NC(=O)[C@H](c1ccccc1)N(C)Cc1ccc(OC)c(OC)c1. The summed E-state index contributed by atoms with van der Waals surface area (Å²) < 4.78 is 10.6. The first kappa shape index (κ1) is 21.2. The van der Waals surface area contributed by atoms with Crippen LogP contribution in [0.2, 0.25) is 0 Å². The van der Waals surface area contributed by atoms with Gasteiger partial charge in [0.25, 0.3) is 0 Å². The second-order valence-corrected chi connectivity index (χ2v) is 6.27. The van der Waals surface area contributed by atoms with E-state index in [-0.39, 0.29) is 5.91 Å². The number of likely N-dealkylation sites (N-methyl/N-ethyl adjacent to an activating group) is 1. The lowest BCUT2D eigenvalue weighted by molar-refractivity contribution is -0.125. The molecular weight excluding hydrogens is 358 g/mol. The molecule has 0 bridgehead atoms. The highest BCUT2D eigenvalue weighted by atomic mass is 16.5. The number of rotatable bonds is 8. The van der Waals surface area contributed by atoms with Crippen LogP contribution in [-0.4, -0.2) is 44.7 Å². The van der Waals surface area contributed by atoms with Gasteiger partial charge in [-0.1, -0.05) is 36.4 Å². The number of benzene rings is 2. The summed E-state index contributed by atoms with van der Waals surface area (Å²) in [6, 6.07) is 13.8. The molecule has 2 aromatic rings. The van der Waals surface area contributed by atoms with Gasteiger partial charge in [0.15, 0.2) is 11.5 Å². The third-order valence-corrected chi connectivity index (χ3v) is 4.26. The zero-order chi connectivity index (χ0) is 20.5. The number of amides is 3. The van der Waals surface area contributed by atoms with E-state index in [1.807, 2.05) is 60.5 Å². The zero-order valence-corrected chi connectivity index (χ0v) is 16.7. The summed E-state index contributed by atoms with van der Waals surface area (Å²) in [5, 5.41) is 4.99. The van der Waals surface area contributed by atoms with E-state index in [9.17, 15) is 9.59 Å². The van der Waals surface area contributed by atoms with Crippen LogP contribution in [0.1, 0.15) is 24.1 Å². The van der Waals surface area contributed by atoms with E-state index in [0.717, 1.165) is 11.1 Å². The van der Waals surface area contributed by atoms with Gasteiger partial charge in [0.1, 0.15) is 6.04 Å². The molecule has 0 aliphatic rings. The van der Waals surface area contributed by atoms with E-state index in [1.165, 1.54) is 0 Å². The van der Waals surface area contributed by atoms with Crippen LogP contribution >= 0.6 is 0 Å². The van der Waals surface area contributed by atoms with Crippen molar-refractivity contribution in [1.82, 2.24) is 15.5 Å². The molecule has 2 aromatic carbocycles. The van der Waals surface area contributed by atoms with Crippen molar-refractivity contribution in [2.24, 2.45) is 0 Å². The normalized spacial score (nSPS) is 11.6. The summed E-state index contributed by atoms with van der Waals surface area (Å²) in [6.07, 6.45) is 0. The molecule has 0 heterocycles. The Kier molecular flexibility index (Phi) is 7.83. The molecule has 2 N–H and O–H groups in total. The third kappa shape index (κ3) is 5.47. The minimum Gasteiger partial charge on any atom is -0.493 e. The molecule has 3 amide bonds. The summed E-state index contributed by atoms with van der Waals surface area (Å²) in [7, 11) is 5.00. The molecule has 28 heavy (non-hydrogen) atoms. The van der Waals surface area contributed by atoms with E-state index in [4.69, 9.17) is 9.47 Å². The quantitative estimate of drug-likeness (QED) is 0.730. The number of carbonyl (C=O) groups is 2. The molecule has 0 saturated heterocycles. The molecule has 2 rings (SSSR count). The molecule has 150 valence electrons. The summed E-state index contributed by atoms with van der Waals surface area (Å²) in [4.78, 5) is 26.5. The van der Waals surface area contributed by atoms with Gasteiger partial charge in [-0.25, -0.2) is 4.79 Å². The molecular formula is C21H27N3O4. The number of carbonyl (C=O) groups excluding carboxylic acids is 2. The summed E-state index contributed by atoms with van der Waals surface area (Å²) in [5.41, 5.74) is 1.75. The standard InChI is InChI=1S/C21H27N3O4/c1-5-22-21(26)23-20(25)19(16-9-7-6-8-10-16)24(2)14-15-11-12-17(27-3)18(13-15)28-4/h6-13,19H,5,14H2,1-4H3,(H2,22,23,25,26)/t19-/m0/s1. The highest BCUT2D eigenvalue weighted by molar-refractivity contribution is 5.97. The fraction of sp³-hybridized carbons (Fsp3) is 0.333. The molecule has 0 aliphatic heterocycles. The van der Waals surface area contributed by atoms with Crippen molar-refractivity contribution in [2.75, 3.05) is 27.8 Å².